The molecule has 1 fully saturated rings. The maximum Gasteiger partial charge on any atom is 0.337 e. The summed E-state index contributed by atoms with van der Waals surface area (Å²) < 4.78 is 23.2. The minimum absolute atomic E-state index is 0.0735. The number of amides is 1. The second-order valence-corrected chi connectivity index (χ2v) is 7.60. The molecule has 3 rings (SSSR count). The van der Waals surface area contributed by atoms with Gasteiger partial charge in [0.25, 0.3) is 0 Å². The Morgan fingerprint density at radius 2 is 1.72 bits per heavy atom. The summed E-state index contributed by atoms with van der Waals surface area (Å²) in [7, 11) is 1.27. The van der Waals surface area contributed by atoms with Gasteiger partial charge in [0, 0.05) is 36.5 Å². The number of Topliss-reactive ketones (excluding diaryl/α,β-unsaturated/α-hetero) is 1. The number of carbonyl (C=O) groups excluding carboxylic acids is 4. The van der Waals surface area contributed by atoms with E-state index < -0.39 is 35.6 Å². The molecule has 2 aromatic carbocycles. The van der Waals surface area contributed by atoms with Crippen LogP contribution in [-0.2, 0) is 19.1 Å². The Labute approximate surface area is 189 Å². The van der Waals surface area contributed by atoms with Gasteiger partial charge >= 0.3 is 11.9 Å². The fourth-order valence-corrected chi connectivity index (χ4v) is 3.59. The number of methoxy groups -OCH3 is 1. The lowest BCUT2D eigenvalue weighted by Gasteiger charge is -2.19. The van der Waals surface area contributed by atoms with Crippen molar-refractivity contribution in [1.29, 1.82) is 0 Å². The Hall–Kier alpha value is -3.26. The average molecular weight is 462 g/mol. The van der Waals surface area contributed by atoms with E-state index in [9.17, 15) is 23.6 Å². The van der Waals surface area contributed by atoms with Crippen molar-refractivity contribution >= 4 is 40.9 Å². The van der Waals surface area contributed by atoms with Crippen LogP contribution in [0.5, 0.6) is 0 Å². The first-order chi connectivity index (χ1) is 15.3. The molecular formula is C23H21ClFNO6. The average Bonchev–Trinajstić information content (AvgIpc) is 3.20. The molecule has 1 heterocycles. The highest BCUT2D eigenvalue weighted by Gasteiger charge is 2.38. The maximum atomic E-state index is 13.1. The van der Waals surface area contributed by atoms with Crippen LogP contribution in [0.2, 0.25) is 0 Å². The number of ketones is 1. The number of anilines is 1. The first-order valence-electron chi connectivity index (χ1n) is 9.89. The van der Waals surface area contributed by atoms with Crippen molar-refractivity contribution in [2.24, 2.45) is 5.92 Å². The van der Waals surface area contributed by atoms with Crippen molar-refractivity contribution in [2.75, 3.05) is 24.4 Å². The topological polar surface area (TPSA) is 90.0 Å². The lowest BCUT2D eigenvalue weighted by Crippen LogP contribution is -2.32. The third kappa shape index (κ3) is 5.31. The van der Waals surface area contributed by atoms with E-state index in [4.69, 9.17) is 16.3 Å². The molecule has 7 nitrogen and oxygen atoms in total. The first kappa shape index (κ1) is 23.4. The van der Waals surface area contributed by atoms with E-state index in [2.05, 4.69) is 4.74 Å². The number of rotatable bonds is 8. The Morgan fingerprint density at radius 3 is 2.31 bits per heavy atom. The van der Waals surface area contributed by atoms with Crippen LogP contribution in [0, 0.1) is 11.7 Å². The molecule has 168 valence electrons. The largest absolute Gasteiger partial charge is 0.465 e. The molecule has 0 radical (unpaired) electrons. The highest BCUT2D eigenvalue weighted by Crippen LogP contribution is 2.27. The third-order valence-electron chi connectivity index (χ3n) is 5.11. The molecule has 32 heavy (non-hydrogen) atoms. The van der Waals surface area contributed by atoms with Crippen molar-refractivity contribution in [1.82, 2.24) is 0 Å². The van der Waals surface area contributed by atoms with E-state index in [1.807, 2.05) is 0 Å². The Morgan fingerprint density at radius 1 is 1.09 bits per heavy atom. The molecule has 1 aliphatic heterocycles. The van der Waals surface area contributed by atoms with Crippen molar-refractivity contribution in [3.63, 3.8) is 0 Å². The smallest absolute Gasteiger partial charge is 0.337 e. The molecule has 2 aromatic rings. The first-order valence-corrected chi connectivity index (χ1v) is 10.4. The molecule has 9 heteroatoms. The van der Waals surface area contributed by atoms with Crippen LogP contribution < -0.4 is 4.90 Å². The number of carbonyl (C=O) groups is 4. The fraction of sp³-hybridized carbons (Fsp3) is 0.304. The maximum absolute atomic E-state index is 13.1. The van der Waals surface area contributed by atoms with Crippen LogP contribution in [0.3, 0.4) is 0 Å². The second-order valence-electron chi connectivity index (χ2n) is 7.22. The highest BCUT2D eigenvalue weighted by atomic mass is 35.5. The normalized spacial score (nSPS) is 16.5. The molecule has 0 spiro atoms. The monoisotopic (exact) mass is 461 g/mol. The van der Waals surface area contributed by atoms with Crippen molar-refractivity contribution in [3.05, 3.63) is 65.5 Å². The lowest BCUT2D eigenvalue weighted by molar-refractivity contribution is -0.151. The van der Waals surface area contributed by atoms with Gasteiger partial charge in [0.1, 0.15) is 5.82 Å². The van der Waals surface area contributed by atoms with Gasteiger partial charge in [0.15, 0.2) is 6.10 Å². The van der Waals surface area contributed by atoms with Gasteiger partial charge < -0.3 is 14.4 Å². The summed E-state index contributed by atoms with van der Waals surface area (Å²) in [5.41, 5.74) is 1.06. The molecule has 0 unspecified atom stereocenters. The number of hydrogen-bond donors (Lipinski definition) is 0. The molecule has 0 aliphatic carbocycles. The second kappa shape index (κ2) is 10.4. The molecule has 1 amide bonds. The van der Waals surface area contributed by atoms with Crippen molar-refractivity contribution < 1.29 is 33.0 Å². The standard InChI is InChI=1S/C23H21ClFNO6/c1-31-22(29)15-4-8-18(9-5-15)26-13-16(12-20(26)27)23(30)32-19(10-11-24)21(28)14-2-6-17(25)7-3-14/h2-9,16,19H,10-13H2,1H3/t16-,19+/m1/s1. The zero-order chi connectivity index (χ0) is 23.3. The van der Waals surface area contributed by atoms with E-state index in [1.165, 1.54) is 36.3 Å². The lowest BCUT2D eigenvalue weighted by atomic mass is 10.0. The number of nitrogens with zero attached hydrogens (tertiary/aromatic N) is 1. The molecule has 0 N–H and O–H groups in total. The Balaban J connectivity index is 1.67. The summed E-state index contributed by atoms with van der Waals surface area (Å²) in [5, 5.41) is 0. The number of esters is 2. The van der Waals surface area contributed by atoms with Gasteiger partial charge in [0.2, 0.25) is 11.7 Å². The van der Waals surface area contributed by atoms with E-state index in [0.717, 1.165) is 12.1 Å². The third-order valence-corrected chi connectivity index (χ3v) is 5.33. The predicted octanol–water partition coefficient (Wildman–Crippen LogP) is 3.39. The van der Waals surface area contributed by atoms with Gasteiger partial charge in [-0.2, -0.15) is 0 Å². The molecule has 0 aromatic heterocycles. The van der Waals surface area contributed by atoms with Gasteiger partial charge in [0.05, 0.1) is 18.6 Å². The van der Waals surface area contributed by atoms with Crippen LogP contribution >= 0.6 is 11.6 Å². The summed E-state index contributed by atoms with van der Waals surface area (Å²) >= 11 is 5.77. The van der Waals surface area contributed by atoms with Gasteiger partial charge in [-0.15, -0.1) is 11.6 Å². The number of benzene rings is 2. The zero-order valence-corrected chi connectivity index (χ0v) is 18.0. The molecule has 0 bridgehead atoms. The van der Waals surface area contributed by atoms with Crippen molar-refractivity contribution in [2.45, 2.75) is 18.9 Å². The zero-order valence-electron chi connectivity index (χ0n) is 17.3. The van der Waals surface area contributed by atoms with E-state index >= 15 is 0 Å². The predicted molar refractivity (Wildman–Crippen MR) is 114 cm³/mol. The molecule has 1 aliphatic rings. The van der Waals surface area contributed by atoms with Crippen molar-refractivity contribution in [3.8, 4) is 0 Å². The highest BCUT2D eigenvalue weighted by molar-refractivity contribution is 6.18. The molecule has 0 saturated carbocycles. The molecule has 2 atom stereocenters. The SMILES string of the molecule is COC(=O)c1ccc(N2C[C@H](C(=O)O[C@@H](CCCl)C(=O)c3ccc(F)cc3)CC2=O)cc1. The fourth-order valence-electron chi connectivity index (χ4n) is 3.39. The van der Waals surface area contributed by atoms with Gasteiger partial charge in [-0.1, -0.05) is 0 Å². The molecule has 1 saturated heterocycles. The van der Waals surface area contributed by atoms with Crippen LogP contribution in [0.15, 0.2) is 48.5 Å². The summed E-state index contributed by atoms with van der Waals surface area (Å²) in [6, 6.07) is 11.1. The van der Waals surface area contributed by atoms with Crippen LogP contribution in [0.25, 0.3) is 0 Å². The summed E-state index contributed by atoms with van der Waals surface area (Å²) in [6.07, 6.45) is -1.12. The van der Waals surface area contributed by atoms with Crippen LogP contribution in [-0.4, -0.2) is 49.3 Å². The van der Waals surface area contributed by atoms with E-state index in [0.29, 0.717) is 11.3 Å². The van der Waals surface area contributed by atoms with E-state index in [1.54, 1.807) is 12.1 Å². The van der Waals surface area contributed by atoms with Gasteiger partial charge in [-0.3, -0.25) is 14.4 Å². The van der Waals surface area contributed by atoms with Gasteiger partial charge in [-0.25, -0.2) is 9.18 Å². The minimum atomic E-state index is -1.13. The minimum Gasteiger partial charge on any atom is -0.465 e. The Kier molecular flexibility index (Phi) is 7.58. The number of alkyl halides is 1. The number of halogens is 2. The van der Waals surface area contributed by atoms with Crippen LogP contribution in [0.4, 0.5) is 10.1 Å². The summed E-state index contributed by atoms with van der Waals surface area (Å²) in [6.45, 7) is 0.0770. The Bertz CT molecular complexity index is 1010. The number of hydrogen-bond acceptors (Lipinski definition) is 6. The number of ether oxygens (including phenoxy) is 2. The summed E-state index contributed by atoms with van der Waals surface area (Å²) in [4.78, 5) is 50.8. The molecular weight excluding hydrogens is 441 g/mol. The quantitative estimate of drug-likeness (QED) is 0.340. The van der Waals surface area contributed by atoms with Gasteiger partial charge in [-0.05, 0) is 48.5 Å². The van der Waals surface area contributed by atoms with Crippen LogP contribution in [0.1, 0.15) is 33.6 Å². The summed E-state index contributed by atoms with van der Waals surface area (Å²) in [5.74, 6) is -3.12. The van der Waals surface area contributed by atoms with E-state index in [-0.39, 0.29) is 36.7 Å².